The molecule has 0 aromatic rings. The molecule has 0 spiro atoms. The number of carboxylic acids is 1. The zero-order valence-corrected chi connectivity index (χ0v) is 8.64. The minimum Gasteiger partial charge on any atom is -1.00 e. The number of rotatable bonds is 1. The fourth-order valence-electron chi connectivity index (χ4n) is 0. The van der Waals surface area contributed by atoms with Gasteiger partial charge in [0.15, 0.2) is 0 Å². The number of carbonyl (C=O) groups is 1. The van der Waals surface area contributed by atoms with Crippen molar-refractivity contribution in [3.63, 3.8) is 0 Å². The Morgan fingerprint density at radius 3 is 1.86 bits per heavy atom. The van der Waals surface area contributed by atoms with E-state index in [1.54, 1.807) is 0 Å². The fraction of sp³-hybridized carbons (Fsp3) is 0.500. The molecule has 0 aliphatic heterocycles. The first kappa shape index (κ1) is 15.8. The molecule has 0 fully saturated rings. The van der Waals surface area contributed by atoms with Crippen LogP contribution in [0.1, 0.15) is 2.85 Å². The van der Waals surface area contributed by atoms with Gasteiger partial charge in [-0.1, -0.05) is 0 Å². The van der Waals surface area contributed by atoms with Crippen molar-refractivity contribution >= 4 is 5.97 Å². The van der Waals surface area contributed by atoms with E-state index < -0.39 is 5.97 Å². The molecule has 7 heavy (non-hydrogen) atoms. The van der Waals surface area contributed by atoms with E-state index >= 15 is 0 Å². The van der Waals surface area contributed by atoms with Crippen molar-refractivity contribution in [1.82, 2.24) is 0 Å². The molecule has 0 saturated heterocycles. The van der Waals surface area contributed by atoms with Gasteiger partial charge in [-0.05, 0) is 0 Å². The molecular weight excluding hydrogens is 116 g/mol. The molecule has 0 aromatic heterocycles. The van der Waals surface area contributed by atoms with Gasteiger partial charge in [-0.2, -0.15) is 0 Å². The Balaban J connectivity index is -0.0000000133. The van der Waals surface area contributed by atoms with Crippen LogP contribution in [0.25, 0.3) is 0 Å². The van der Waals surface area contributed by atoms with Crippen LogP contribution in [0, 0.1) is 0 Å². The third-order valence-electron chi connectivity index (χ3n) is 0.175. The molecule has 3 nitrogen and oxygen atoms in total. The maximum Gasteiger partial charge on any atom is 1.00 e. The van der Waals surface area contributed by atoms with E-state index in [0.29, 0.717) is 0 Å². The van der Waals surface area contributed by atoms with Gasteiger partial charge in [0.05, 0.1) is 6.54 Å². The van der Waals surface area contributed by atoms with Crippen LogP contribution in [0.4, 0.5) is 0 Å². The molecule has 0 aliphatic carbocycles. The Bertz CT molecular complexity index is 55.8. The molecule has 0 radical (unpaired) electrons. The van der Waals surface area contributed by atoms with Gasteiger partial charge in [0, 0.05) is 0 Å². The van der Waals surface area contributed by atoms with Gasteiger partial charge in [-0.25, -0.2) is 0 Å². The van der Waals surface area contributed by atoms with Crippen molar-refractivity contribution in [1.29, 1.82) is 0 Å². The molecule has 0 atom stereocenters. The fourth-order valence-corrected chi connectivity index (χ4v) is 0. The Kier molecular flexibility index (Phi) is 23.5. The zero-order chi connectivity index (χ0) is 4.28. The Morgan fingerprint density at radius 2 is 1.86 bits per heavy atom. The minimum absolute atomic E-state index is 0. The topological polar surface area (TPSA) is 63.3 Å². The average Bonchev–Trinajstić information content (AvgIpc) is 1.38. The van der Waals surface area contributed by atoms with Gasteiger partial charge < -0.3 is 13.7 Å². The van der Waals surface area contributed by atoms with E-state index in [4.69, 9.17) is 5.11 Å². The SMILES string of the molecule is NCC(=O)O.[H-].[H-].[Na+].[Na+]. The van der Waals surface area contributed by atoms with Crippen molar-refractivity contribution in [3.8, 4) is 0 Å². The smallest absolute Gasteiger partial charge is 1.00 e. The molecule has 0 saturated carbocycles. The molecular formula is C2H7NNa2O2. The van der Waals surface area contributed by atoms with Gasteiger partial charge in [-0.15, -0.1) is 0 Å². The Labute approximate surface area is 89.2 Å². The minimum atomic E-state index is -0.968. The molecule has 0 unspecified atom stereocenters. The maximum atomic E-state index is 9.24. The Morgan fingerprint density at radius 1 is 1.71 bits per heavy atom. The molecule has 0 heterocycles. The second-order valence-corrected chi connectivity index (χ2v) is 0.598. The predicted octanol–water partition coefficient (Wildman–Crippen LogP) is -6.74. The van der Waals surface area contributed by atoms with E-state index in [1.807, 2.05) is 0 Å². The van der Waals surface area contributed by atoms with Gasteiger partial charge in [0.2, 0.25) is 0 Å². The summed E-state index contributed by atoms with van der Waals surface area (Å²) < 4.78 is 0. The summed E-state index contributed by atoms with van der Waals surface area (Å²) in [5.74, 6) is -0.968. The summed E-state index contributed by atoms with van der Waals surface area (Å²) >= 11 is 0. The van der Waals surface area contributed by atoms with Crippen LogP contribution in [-0.4, -0.2) is 17.6 Å². The quantitative estimate of drug-likeness (QED) is 0.341. The normalized spacial score (nSPS) is 5.29. The van der Waals surface area contributed by atoms with Crippen molar-refractivity contribution in [2.75, 3.05) is 6.54 Å². The number of hydrogen-bond acceptors (Lipinski definition) is 2. The summed E-state index contributed by atoms with van der Waals surface area (Å²) in [4.78, 5) is 9.24. The first-order valence-corrected chi connectivity index (χ1v) is 1.19. The second-order valence-electron chi connectivity index (χ2n) is 0.598. The number of aliphatic carboxylic acids is 1. The summed E-state index contributed by atoms with van der Waals surface area (Å²) in [6.07, 6.45) is 0. The van der Waals surface area contributed by atoms with Crippen LogP contribution in [0.3, 0.4) is 0 Å². The van der Waals surface area contributed by atoms with E-state index in [2.05, 4.69) is 5.73 Å². The molecule has 0 amide bonds. The Hall–Kier alpha value is 1.43. The molecule has 0 aromatic carbocycles. The van der Waals surface area contributed by atoms with E-state index in [9.17, 15) is 4.79 Å². The number of nitrogens with two attached hydrogens (primary N) is 1. The van der Waals surface area contributed by atoms with Crippen LogP contribution in [0.15, 0.2) is 0 Å². The van der Waals surface area contributed by atoms with E-state index in [1.165, 1.54) is 0 Å². The number of hydrogen-bond donors (Lipinski definition) is 2. The molecule has 3 N–H and O–H groups in total. The summed E-state index contributed by atoms with van der Waals surface area (Å²) in [7, 11) is 0. The largest absolute Gasteiger partial charge is 1.00 e. The summed E-state index contributed by atoms with van der Waals surface area (Å²) in [5.41, 5.74) is 4.57. The molecule has 5 heteroatoms. The average molecular weight is 123 g/mol. The third-order valence-corrected chi connectivity index (χ3v) is 0.175. The summed E-state index contributed by atoms with van der Waals surface area (Å²) in [6, 6.07) is 0. The van der Waals surface area contributed by atoms with Gasteiger partial charge >= 0.3 is 65.1 Å². The number of carboxylic acid groups (broad SMARTS) is 1. The summed E-state index contributed by atoms with van der Waals surface area (Å²) in [6.45, 7) is -0.278. The maximum absolute atomic E-state index is 9.24. The van der Waals surface area contributed by atoms with Crippen molar-refractivity contribution in [3.05, 3.63) is 0 Å². The third kappa shape index (κ3) is 18.6. The van der Waals surface area contributed by atoms with Crippen molar-refractivity contribution in [2.24, 2.45) is 5.73 Å². The van der Waals surface area contributed by atoms with Crippen LogP contribution in [-0.2, 0) is 4.79 Å². The molecule has 0 rings (SSSR count). The van der Waals surface area contributed by atoms with E-state index in [-0.39, 0.29) is 68.5 Å². The van der Waals surface area contributed by atoms with Crippen LogP contribution < -0.4 is 64.8 Å². The monoisotopic (exact) mass is 123 g/mol. The van der Waals surface area contributed by atoms with Crippen molar-refractivity contribution < 1.29 is 71.9 Å². The van der Waals surface area contributed by atoms with Crippen LogP contribution >= 0.6 is 0 Å². The molecule has 0 bridgehead atoms. The van der Waals surface area contributed by atoms with Gasteiger partial charge in [0.1, 0.15) is 0 Å². The van der Waals surface area contributed by atoms with Crippen LogP contribution in [0.2, 0.25) is 0 Å². The van der Waals surface area contributed by atoms with Crippen molar-refractivity contribution in [2.45, 2.75) is 0 Å². The second kappa shape index (κ2) is 10.4. The predicted molar refractivity (Wildman–Crippen MR) is 18.9 cm³/mol. The van der Waals surface area contributed by atoms with Gasteiger partial charge in [0.25, 0.3) is 0 Å². The molecule has 0 aliphatic rings. The van der Waals surface area contributed by atoms with E-state index in [0.717, 1.165) is 0 Å². The van der Waals surface area contributed by atoms with Gasteiger partial charge in [-0.3, -0.25) is 4.79 Å². The summed E-state index contributed by atoms with van der Waals surface area (Å²) in [5, 5.41) is 7.60. The zero-order valence-electron chi connectivity index (χ0n) is 6.64. The molecule has 34 valence electrons. The first-order valence-electron chi connectivity index (χ1n) is 1.19. The van der Waals surface area contributed by atoms with Crippen LogP contribution in [0.5, 0.6) is 0 Å². The first-order chi connectivity index (χ1) is 2.27. The standard InChI is InChI=1S/C2H5NO2.2Na.2H/c3-1-2(4)5;;;;/h1,3H2,(H,4,5);;;;/q;2*+1;2*-1.